The third-order valence-corrected chi connectivity index (χ3v) is 2.66. The Bertz CT molecular complexity index is 483. The molecular weight excluding hydrogens is 222 g/mol. The van der Waals surface area contributed by atoms with Gasteiger partial charge in [-0.2, -0.15) is 0 Å². The van der Waals surface area contributed by atoms with Crippen LogP contribution < -0.4 is 4.74 Å². The minimum absolute atomic E-state index is 0.686. The van der Waals surface area contributed by atoms with Crippen molar-refractivity contribution in [2.75, 3.05) is 7.11 Å². The number of aryl methyl sites for hydroxylation is 1. The van der Waals surface area contributed by atoms with Crippen LogP contribution in [0.4, 0.5) is 0 Å². The van der Waals surface area contributed by atoms with E-state index in [-0.39, 0.29) is 0 Å². The van der Waals surface area contributed by atoms with E-state index in [0.29, 0.717) is 5.02 Å². The minimum Gasteiger partial charge on any atom is -0.497 e. The summed E-state index contributed by atoms with van der Waals surface area (Å²) in [7, 11) is 1.65. The van der Waals surface area contributed by atoms with Crippen LogP contribution in [0.2, 0.25) is 5.02 Å². The van der Waals surface area contributed by atoms with Gasteiger partial charge in [0.25, 0.3) is 0 Å². The summed E-state index contributed by atoms with van der Waals surface area (Å²) in [5, 5.41) is 1.72. The summed E-state index contributed by atoms with van der Waals surface area (Å²) in [5.41, 5.74) is 1.98. The number of hydrogen-bond acceptors (Lipinski definition) is 2. The maximum Gasteiger partial charge on any atom is 0.119 e. The highest BCUT2D eigenvalue weighted by Gasteiger charge is 2.03. The van der Waals surface area contributed by atoms with E-state index in [4.69, 9.17) is 16.3 Å². The van der Waals surface area contributed by atoms with E-state index in [0.717, 1.165) is 22.2 Å². The predicted molar refractivity (Wildman–Crippen MR) is 69.4 cm³/mol. The summed E-state index contributed by atoms with van der Waals surface area (Å²) in [6, 6.07) is 5.77. The number of rotatable bonds is 1. The van der Waals surface area contributed by atoms with Gasteiger partial charge < -0.3 is 4.74 Å². The molecule has 0 bridgehead atoms. The fourth-order valence-electron chi connectivity index (χ4n) is 1.41. The summed E-state index contributed by atoms with van der Waals surface area (Å²) >= 11 is 5.98. The zero-order chi connectivity index (χ0) is 12.1. The minimum atomic E-state index is 0.686. The van der Waals surface area contributed by atoms with Gasteiger partial charge in [0, 0.05) is 11.6 Å². The van der Waals surface area contributed by atoms with E-state index in [1.807, 2.05) is 39.0 Å². The summed E-state index contributed by atoms with van der Waals surface area (Å²) < 4.78 is 5.15. The first-order valence-electron chi connectivity index (χ1n) is 5.31. The van der Waals surface area contributed by atoms with Crippen LogP contribution in [0.15, 0.2) is 24.4 Å². The van der Waals surface area contributed by atoms with Crippen molar-refractivity contribution in [2.45, 2.75) is 20.8 Å². The first-order valence-corrected chi connectivity index (χ1v) is 5.69. The van der Waals surface area contributed by atoms with Gasteiger partial charge in [-0.3, -0.25) is 4.98 Å². The smallest absolute Gasteiger partial charge is 0.119 e. The monoisotopic (exact) mass is 237 g/mol. The largest absolute Gasteiger partial charge is 0.497 e. The number of halogens is 1. The van der Waals surface area contributed by atoms with Crippen LogP contribution >= 0.6 is 11.6 Å². The van der Waals surface area contributed by atoms with Crippen molar-refractivity contribution in [3.05, 3.63) is 35.0 Å². The van der Waals surface area contributed by atoms with E-state index in [9.17, 15) is 0 Å². The Balaban J connectivity index is 0.000000606. The molecule has 2 aromatic rings. The number of nitrogens with zero attached hydrogens (tertiary/aromatic N) is 1. The fraction of sp³-hybridized carbons (Fsp3) is 0.308. The molecule has 0 unspecified atom stereocenters. The predicted octanol–water partition coefficient (Wildman–Crippen LogP) is 4.23. The number of hydrogen-bond donors (Lipinski definition) is 0. The Morgan fingerprint density at radius 3 is 2.56 bits per heavy atom. The van der Waals surface area contributed by atoms with Crippen LogP contribution in [0.25, 0.3) is 10.9 Å². The first-order chi connectivity index (χ1) is 7.72. The Kier molecular flexibility index (Phi) is 4.56. The van der Waals surface area contributed by atoms with Crippen LogP contribution in [0.5, 0.6) is 5.75 Å². The van der Waals surface area contributed by atoms with Crippen molar-refractivity contribution in [3.8, 4) is 5.75 Å². The molecule has 0 aliphatic carbocycles. The number of methoxy groups -OCH3 is 1. The maximum absolute atomic E-state index is 5.98. The molecule has 0 radical (unpaired) electrons. The molecule has 0 saturated carbocycles. The molecule has 2 nitrogen and oxygen atoms in total. The lowest BCUT2D eigenvalue weighted by atomic mass is 10.1. The number of ether oxygens (including phenoxy) is 1. The maximum atomic E-state index is 5.98. The Morgan fingerprint density at radius 2 is 1.94 bits per heavy atom. The zero-order valence-electron chi connectivity index (χ0n) is 10.0. The van der Waals surface area contributed by atoms with Gasteiger partial charge in [0.15, 0.2) is 0 Å². The van der Waals surface area contributed by atoms with Crippen molar-refractivity contribution < 1.29 is 4.74 Å². The molecule has 1 heterocycles. The molecule has 16 heavy (non-hydrogen) atoms. The van der Waals surface area contributed by atoms with Crippen LogP contribution in [0, 0.1) is 6.92 Å². The average molecular weight is 238 g/mol. The Labute approximate surface area is 101 Å². The molecule has 2 rings (SSSR count). The van der Waals surface area contributed by atoms with Gasteiger partial charge in [-0.15, -0.1) is 0 Å². The third kappa shape index (κ3) is 2.45. The van der Waals surface area contributed by atoms with E-state index in [1.54, 1.807) is 13.3 Å². The number of fused-ring (bicyclic) bond motifs is 1. The molecule has 3 heteroatoms. The van der Waals surface area contributed by atoms with Crippen LogP contribution in [-0.4, -0.2) is 12.1 Å². The van der Waals surface area contributed by atoms with Crippen molar-refractivity contribution in [2.24, 2.45) is 0 Å². The van der Waals surface area contributed by atoms with Gasteiger partial charge in [0.2, 0.25) is 0 Å². The summed E-state index contributed by atoms with van der Waals surface area (Å²) in [6.07, 6.45) is 1.67. The molecule has 0 amide bonds. The number of benzene rings is 1. The molecule has 0 spiro atoms. The molecule has 1 aromatic heterocycles. The van der Waals surface area contributed by atoms with Gasteiger partial charge in [-0.05, 0) is 30.7 Å². The normalized spacial score (nSPS) is 9.56. The molecule has 86 valence electrons. The molecule has 1 aromatic carbocycles. The number of aromatic nitrogens is 1. The fourth-order valence-corrected chi connectivity index (χ4v) is 1.56. The average Bonchev–Trinajstić information content (AvgIpc) is 2.36. The van der Waals surface area contributed by atoms with Crippen LogP contribution in [0.3, 0.4) is 0 Å². The van der Waals surface area contributed by atoms with E-state index in [2.05, 4.69) is 4.98 Å². The summed E-state index contributed by atoms with van der Waals surface area (Å²) in [5.74, 6) is 0.824. The Morgan fingerprint density at radius 1 is 1.25 bits per heavy atom. The Hall–Kier alpha value is -1.28. The van der Waals surface area contributed by atoms with Crippen molar-refractivity contribution in [3.63, 3.8) is 0 Å². The lowest BCUT2D eigenvalue weighted by Gasteiger charge is -2.05. The molecule has 0 saturated heterocycles. The number of pyridine rings is 1. The van der Waals surface area contributed by atoms with Crippen molar-refractivity contribution in [1.82, 2.24) is 4.98 Å². The van der Waals surface area contributed by atoms with Crippen molar-refractivity contribution >= 4 is 22.5 Å². The lowest BCUT2D eigenvalue weighted by Crippen LogP contribution is -1.87. The van der Waals surface area contributed by atoms with Crippen LogP contribution in [-0.2, 0) is 0 Å². The highest BCUT2D eigenvalue weighted by atomic mass is 35.5. The molecular formula is C13H16ClNO. The second-order valence-electron chi connectivity index (χ2n) is 3.11. The third-order valence-electron chi connectivity index (χ3n) is 2.28. The quantitative estimate of drug-likeness (QED) is 0.741. The van der Waals surface area contributed by atoms with Gasteiger partial charge >= 0.3 is 0 Å². The van der Waals surface area contributed by atoms with Gasteiger partial charge in [-0.25, -0.2) is 0 Å². The molecule has 0 N–H and O–H groups in total. The van der Waals surface area contributed by atoms with E-state index < -0.39 is 0 Å². The molecule has 0 aliphatic rings. The van der Waals surface area contributed by atoms with E-state index in [1.165, 1.54) is 0 Å². The van der Waals surface area contributed by atoms with Crippen molar-refractivity contribution in [1.29, 1.82) is 0 Å². The lowest BCUT2D eigenvalue weighted by molar-refractivity contribution is 0.415. The first kappa shape index (κ1) is 12.8. The van der Waals surface area contributed by atoms with Gasteiger partial charge in [-0.1, -0.05) is 25.4 Å². The van der Waals surface area contributed by atoms with Gasteiger partial charge in [0.1, 0.15) is 5.75 Å². The van der Waals surface area contributed by atoms with E-state index >= 15 is 0 Å². The zero-order valence-corrected chi connectivity index (χ0v) is 10.8. The van der Waals surface area contributed by atoms with Crippen LogP contribution in [0.1, 0.15) is 19.4 Å². The molecule has 0 fully saturated rings. The molecule has 0 aliphatic heterocycles. The highest BCUT2D eigenvalue weighted by Crippen LogP contribution is 2.26. The second-order valence-corrected chi connectivity index (χ2v) is 3.52. The summed E-state index contributed by atoms with van der Waals surface area (Å²) in [4.78, 5) is 4.23. The standard InChI is InChI=1S/C11H10ClNO.C2H6/c1-7-9-5-8(14-2)3-4-11(9)13-6-10(7)12;1-2/h3-6H,1-2H3;1-2H3. The summed E-state index contributed by atoms with van der Waals surface area (Å²) in [6.45, 7) is 5.98. The topological polar surface area (TPSA) is 22.1 Å². The van der Waals surface area contributed by atoms with Gasteiger partial charge in [0.05, 0.1) is 17.6 Å². The second kappa shape index (κ2) is 5.71. The SMILES string of the molecule is CC.COc1ccc2ncc(Cl)c(C)c2c1. The molecule has 0 atom stereocenters. The highest BCUT2D eigenvalue weighted by molar-refractivity contribution is 6.32.